The average Bonchev–Trinajstić information content (AvgIpc) is 2.31. The summed E-state index contributed by atoms with van der Waals surface area (Å²) in [6.07, 6.45) is 7.50. The molecule has 18 heavy (non-hydrogen) atoms. The molecule has 0 amide bonds. The van der Waals surface area contributed by atoms with Gasteiger partial charge in [0.25, 0.3) is 0 Å². The zero-order valence-corrected chi connectivity index (χ0v) is 13.6. The molecule has 0 fully saturated rings. The third-order valence-electron chi connectivity index (χ3n) is 1.21. The normalized spacial score (nSPS) is 11.7. The van der Waals surface area contributed by atoms with E-state index in [4.69, 9.17) is 39.4 Å². The molecule has 0 saturated heterocycles. The van der Waals surface area contributed by atoms with Gasteiger partial charge in [-0.15, -0.1) is 0 Å². The van der Waals surface area contributed by atoms with E-state index in [1.807, 2.05) is 61.2 Å². The van der Waals surface area contributed by atoms with Crippen molar-refractivity contribution < 1.29 is 22.6 Å². The van der Waals surface area contributed by atoms with E-state index in [2.05, 4.69) is 9.97 Å². The Morgan fingerprint density at radius 2 is 0.833 bits per heavy atom. The second kappa shape index (κ2) is 8.86. The van der Waals surface area contributed by atoms with Gasteiger partial charge in [0.05, 0.1) is 0 Å². The Morgan fingerprint density at radius 3 is 0.889 bits per heavy atom. The summed E-state index contributed by atoms with van der Waals surface area (Å²) in [4.78, 5) is 5.78. The van der Waals surface area contributed by atoms with E-state index in [9.17, 15) is 3.67 Å². The molecule has 2 aromatic rings. The van der Waals surface area contributed by atoms with Crippen molar-refractivity contribution in [2.45, 2.75) is 0 Å². The predicted molar refractivity (Wildman–Crippen MR) is 70.1 cm³/mol. The SMILES string of the molecule is [O]=[V-2]([Cl])([Cl])([Cl])[Cl].c1cc[nH+]cc1.c1cc[nH+]cc1. The summed E-state index contributed by atoms with van der Waals surface area (Å²) in [5.74, 6) is 0. The van der Waals surface area contributed by atoms with Crippen molar-refractivity contribution in [1.82, 2.24) is 0 Å². The van der Waals surface area contributed by atoms with Crippen LogP contribution < -0.4 is 9.97 Å². The van der Waals surface area contributed by atoms with Crippen molar-refractivity contribution in [3.63, 3.8) is 0 Å². The summed E-state index contributed by atoms with van der Waals surface area (Å²) >= 11 is 0. The van der Waals surface area contributed by atoms with E-state index < -0.39 is 9.00 Å². The van der Waals surface area contributed by atoms with E-state index in [1.54, 1.807) is 0 Å². The molecule has 101 valence electrons. The Hall–Kier alpha value is -0.156. The second-order valence-electron chi connectivity index (χ2n) is 2.81. The topological polar surface area (TPSA) is 45.4 Å². The molecule has 0 aromatic carbocycles. The molecule has 0 spiro atoms. The van der Waals surface area contributed by atoms with Crippen molar-refractivity contribution >= 4 is 39.4 Å². The molecule has 0 aliphatic rings. The van der Waals surface area contributed by atoms with Crippen LogP contribution in [0.5, 0.6) is 0 Å². The number of hydrogen-bond acceptors (Lipinski definition) is 1. The largest absolute Gasteiger partial charge is 0.218 e. The molecule has 2 aromatic heterocycles. The molecule has 0 unspecified atom stereocenters. The van der Waals surface area contributed by atoms with Crippen molar-refractivity contribution in [1.29, 1.82) is 0 Å². The Bertz CT molecular complexity index is 369. The summed E-state index contributed by atoms with van der Waals surface area (Å²) in [6.45, 7) is 0. The van der Waals surface area contributed by atoms with Crippen LogP contribution in [0.1, 0.15) is 0 Å². The number of aromatic nitrogens is 2. The number of nitrogens with one attached hydrogen (secondary N) is 2. The van der Waals surface area contributed by atoms with Crippen LogP contribution in [0.3, 0.4) is 0 Å². The predicted octanol–water partition coefficient (Wildman–Crippen LogP) is 3.64. The minimum atomic E-state index is -4.85. The molecule has 0 radical (unpaired) electrons. The van der Waals surface area contributed by atoms with Crippen LogP contribution in [0, 0.1) is 0 Å². The van der Waals surface area contributed by atoms with Gasteiger partial charge in [-0.25, -0.2) is 9.97 Å². The average molecular weight is 369 g/mol. The maximum absolute atomic E-state index is 9.92. The first-order valence-corrected chi connectivity index (χ1v) is 12.9. The molecule has 2 heterocycles. The Labute approximate surface area is 122 Å². The second-order valence-corrected chi connectivity index (χ2v) is 19.8. The molecular weight excluding hydrogens is 357 g/mol. The van der Waals surface area contributed by atoms with E-state index in [0.29, 0.717) is 0 Å². The smallest absolute Gasteiger partial charge is 0.166 e. The van der Waals surface area contributed by atoms with E-state index in [-0.39, 0.29) is 0 Å². The minimum absolute atomic E-state index is 1.88. The van der Waals surface area contributed by atoms with Gasteiger partial charge in [0.1, 0.15) is 0 Å². The van der Waals surface area contributed by atoms with Gasteiger partial charge in [0, 0.05) is 24.3 Å². The third-order valence-corrected chi connectivity index (χ3v) is 1.21. The number of hydrogen-bond donors (Lipinski definition) is 0. The van der Waals surface area contributed by atoms with Gasteiger partial charge in [-0.2, -0.15) is 0 Å². The van der Waals surface area contributed by atoms with Crippen molar-refractivity contribution in [3.8, 4) is 0 Å². The molecule has 2 rings (SSSR count). The monoisotopic (exact) mass is 367 g/mol. The Kier molecular flexibility index (Phi) is 8.79. The zero-order valence-electron chi connectivity index (χ0n) is 9.14. The molecule has 2 N–H and O–H groups in total. The molecular formula is C10H12Cl4N2OV. The van der Waals surface area contributed by atoms with Crippen LogP contribution in [0.15, 0.2) is 61.2 Å². The van der Waals surface area contributed by atoms with Gasteiger partial charge in [-0.1, -0.05) is 12.1 Å². The summed E-state index contributed by atoms with van der Waals surface area (Å²) in [5, 5.41) is 0. The summed E-state index contributed by atoms with van der Waals surface area (Å²) < 4.78 is 9.92. The zero-order chi connectivity index (χ0) is 13.9. The number of pyridine rings is 2. The number of H-pyrrole nitrogens is 2. The quantitative estimate of drug-likeness (QED) is 0.700. The minimum Gasteiger partial charge on any atom is -0.218 e. The first kappa shape index (κ1) is 17.8. The Balaban J connectivity index is 0.000000241. The van der Waals surface area contributed by atoms with Crippen LogP contribution in [0.4, 0.5) is 0 Å². The van der Waals surface area contributed by atoms with Gasteiger partial charge in [0.2, 0.25) is 0 Å². The number of aromatic amines is 2. The molecule has 0 atom stereocenters. The summed E-state index contributed by atoms with van der Waals surface area (Å²) in [6, 6.07) is 11.7. The van der Waals surface area contributed by atoms with Gasteiger partial charge in [-0.05, 0) is 0 Å². The third kappa shape index (κ3) is 24.9. The van der Waals surface area contributed by atoms with E-state index in [0.717, 1.165) is 0 Å². The van der Waals surface area contributed by atoms with E-state index in [1.165, 1.54) is 0 Å². The number of halogens is 4. The Morgan fingerprint density at radius 1 is 0.611 bits per heavy atom. The first-order valence-electron chi connectivity index (χ1n) is 4.68. The van der Waals surface area contributed by atoms with E-state index >= 15 is 0 Å². The van der Waals surface area contributed by atoms with Crippen LogP contribution in [0.2, 0.25) is 0 Å². The molecule has 0 aliphatic carbocycles. The van der Waals surface area contributed by atoms with Crippen molar-refractivity contribution in [2.75, 3.05) is 0 Å². The molecule has 0 saturated carbocycles. The van der Waals surface area contributed by atoms with Crippen molar-refractivity contribution in [2.24, 2.45) is 0 Å². The van der Waals surface area contributed by atoms with Gasteiger partial charge in [-0.3, -0.25) is 0 Å². The molecule has 0 aliphatic heterocycles. The first-order chi connectivity index (χ1) is 8.24. The molecule has 0 bridgehead atoms. The molecule has 3 nitrogen and oxygen atoms in total. The van der Waals surface area contributed by atoms with Crippen LogP contribution in [-0.2, 0) is 12.7 Å². The fourth-order valence-electron chi connectivity index (χ4n) is 0.684. The standard InChI is InChI=1S/2C5H5N.4ClH.O.V/c2*1-2-4-6-5-3-1;;;;;;/h2*1-5H;4*1H;;/q;;;;;;;+2/p-2. The van der Waals surface area contributed by atoms with Crippen molar-refractivity contribution in [3.05, 3.63) is 61.2 Å². The van der Waals surface area contributed by atoms with Crippen LogP contribution in [0.25, 0.3) is 0 Å². The van der Waals surface area contributed by atoms with Gasteiger partial charge < -0.3 is 0 Å². The maximum atomic E-state index is 9.92. The van der Waals surface area contributed by atoms with Crippen LogP contribution >= 0.6 is 39.4 Å². The summed E-state index contributed by atoms with van der Waals surface area (Å²) in [5.41, 5.74) is 0. The number of rotatable bonds is 0. The maximum Gasteiger partial charge on any atom is 0.166 e. The van der Waals surface area contributed by atoms with Crippen LogP contribution in [-0.4, -0.2) is 0 Å². The van der Waals surface area contributed by atoms with Gasteiger partial charge >= 0.3 is 52.1 Å². The summed E-state index contributed by atoms with van der Waals surface area (Å²) in [7, 11) is 14.0. The fraction of sp³-hybridized carbons (Fsp3) is 0. The van der Waals surface area contributed by atoms with Gasteiger partial charge in [0.15, 0.2) is 24.8 Å². The molecule has 8 heteroatoms. The fourth-order valence-corrected chi connectivity index (χ4v) is 0.684.